The minimum Gasteiger partial charge on any atom is -0.463 e. The molecule has 0 N–H and O–H groups in total. The maximum atomic E-state index is 5.53. The molecule has 0 aliphatic carbocycles. The van der Waals surface area contributed by atoms with Crippen LogP contribution in [0.2, 0.25) is 0 Å². The minimum atomic E-state index is 0.752. The van der Waals surface area contributed by atoms with Crippen molar-refractivity contribution in [2.75, 3.05) is 0 Å². The van der Waals surface area contributed by atoms with Crippen LogP contribution in [0.5, 0.6) is 0 Å². The molecule has 0 radical (unpaired) electrons. The summed E-state index contributed by atoms with van der Waals surface area (Å²) in [5.41, 5.74) is 5.04. The van der Waals surface area contributed by atoms with Crippen LogP contribution in [0, 0.1) is 6.92 Å². The van der Waals surface area contributed by atoms with Crippen LogP contribution >= 0.6 is 0 Å². The quantitative estimate of drug-likeness (QED) is 0.452. The monoisotopic (exact) mass is 325 g/mol. The second-order valence-corrected chi connectivity index (χ2v) is 6.12. The first-order valence-corrected chi connectivity index (χ1v) is 8.19. The predicted molar refractivity (Wildman–Crippen MR) is 98.4 cm³/mol. The van der Waals surface area contributed by atoms with Gasteiger partial charge in [0, 0.05) is 10.9 Å². The lowest BCUT2D eigenvalue weighted by atomic mass is 10.1. The van der Waals surface area contributed by atoms with Gasteiger partial charge < -0.3 is 4.42 Å². The number of nitrogens with zero attached hydrogens (tertiary/aromatic N) is 3. The number of benzene rings is 2. The summed E-state index contributed by atoms with van der Waals surface area (Å²) in [5, 5.41) is 5.84. The maximum absolute atomic E-state index is 5.53. The molecule has 0 bridgehead atoms. The lowest BCUT2D eigenvalue weighted by Crippen LogP contribution is -1.99. The Morgan fingerprint density at radius 2 is 1.76 bits per heavy atom. The highest BCUT2D eigenvalue weighted by Gasteiger charge is 2.15. The molecule has 5 rings (SSSR count). The molecule has 3 heterocycles. The van der Waals surface area contributed by atoms with Gasteiger partial charge in [0.1, 0.15) is 5.69 Å². The normalized spacial score (nSPS) is 11.4. The van der Waals surface area contributed by atoms with Gasteiger partial charge in [-0.2, -0.15) is 5.10 Å². The molecule has 0 spiro atoms. The molecule has 25 heavy (non-hydrogen) atoms. The number of aromatic nitrogens is 3. The third-order valence-corrected chi connectivity index (χ3v) is 4.40. The molecule has 120 valence electrons. The average molecular weight is 325 g/mol. The molecule has 0 fully saturated rings. The van der Waals surface area contributed by atoms with Gasteiger partial charge in [-0.3, -0.25) is 0 Å². The second-order valence-electron chi connectivity index (χ2n) is 6.12. The third-order valence-electron chi connectivity index (χ3n) is 4.40. The number of aryl methyl sites for hydroxylation is 1. The van der Waals surface area contributed by atoms with E-state index in [0.717, 1.165) is 39.3 Å². The fourth-order valence-corrected chi connectivity index (χ4v) is 3.12. The van der Waals surface area contributed by atoms with Crippen LogP contribution in [-0.2, 0) is 0 Å². The molecular formula is C21H15N3O. The summed E-state index contributed by atoms with van der Waals surface area (Å²) in [6.07, 6.45) is 1.66. The summed E-state index contributed by atoms with van der Waals surface area (Å²) in [5.74, 6) is 1.58. The van der Waals surface area contributed by atoms with E-state index < -0.39 is 0 Å². The highest BCUT2D eigenvalue weighted by molar-refractivity contribution is 5.96. The Morgan fingerprint density at radius 1 is 0.920 bits per heavy atom. The number of hydrogen-bond donors (Lipinski definition) is 0. The Morgan fingerprint density at radius 3 is 2.56 bits per heavy atom. The van der Waals surface area contributed by atoms with Crippen LogP contribution in [0.1, 0.15) is 5.56 Å². The van der Waals surface area contributed by atoms with Gasteiger partial charge in [0.25, 0.3) is 0 Å². The van der Waals surface area contributed by atoms with Crippen molar-refractivity contribution in [2.45, 2.75) is 6.92 Å². The number of para-hydroxylation sites is 1. The Bertz CT molecular complexity index is 1190. The standard InChI is InChI=1S/C21H15N3O/c1-14-8-10-15(11-9-14)21-22-17-6-3-2-5-16(17)19-13-18(23-24(19)21)20-7-4-12-25-20/h2-13H,1H3. The fraction of sp³-hybridized carbons (Fsp3) is 0.0476. The van der Waals surface area contributed by atoms with Crippen molar-refractivity contribution in [1.29, 1.82) is 0 Å². The molecule has 0 aliphatic rings. The maximum Gasteiger partial charge on any atom is 0.161 e. The first-order chi connectivity index (χ1) is 12.3. The zero-order chi connectivity index (χ0) is 16.8. The van der Waals surface area contributed by atoms with Crippen LogP contribution < -0.4 is 0 Å². The molecule has 5 aromatic rings. The second kappa shape index (κ2) is 5.31. The van der Waals surface area contributed by atoms with Crippen LogP contribution in [0.3, 0.4) is 0 Å². The van der Waals surface area contributed by atoms with Crippen LogP contribution in [0.25, 0.3) is 39.3 Å². The summed E-state index contributed by atoms with van der Waals surface area (Å²) >= 11 is 0. The topological polar surface area (TPSA) is 43.3 Å². The summed E-state index contributed by atoms with van der Waals surface area (Å²) in [7, 11) is 0. The van der Waals surface area contributed by atoms with E-state index in [1.54, 1.807) is 6.26 Å². The molecule has 0 atom stereocenters. The molecule has 2 aromatic carbocycles. The average Bonchev–Trinajstić information content (AvgIpc) is 3.31. The first kappa shape index (κ1) is 14.0. The molecule has 0 saturated heterocycles. The summed E-state index contributed by atoms with van der Waals surface area (Å²) < 4.78 is 7.43. The van der Waals surface area contributed by atoms with E-state index in [2.05, 4.69) is 43.3 Å². The van der Waals surface area contributed by atoms with Crippen molar-refractivity contribution in [1.82, 2.24) is 14.6 Å². The van der Waals surface area contributed by atoms with Crippen molar-refractivity contribution in [3.8, 4) is 22.8 Å². The van der Waals surface area contributed by atoms with E-state index in [4.69, 9.17) is 14.5 Å². The van der Waals surface area contributed by atoms with Gasteiger partial charge in [0.05, 0.1) is 17.3 Å². The van der Waals surface area contributed by atoms with Crippen molar-refractivity contribution in [2.24, 2.45) is 0 Å². The van der Waals surface area contributed by atoms with Gasteiger partial charge in [-0.1, -0.05) is 48.0 Å². The van der Waals surface area contributed by atoms with Gasteiger partial charge in [0.2, 0.25) is 0 Å². The SMILES string of the molecule is Cc1ccc(-c2nc3ccccc3c3cc(-c4ccco4)nn23)cc1. The van der Waals surface area contributed by atoms with Crippen molar-refractivity contribution in [3.05, 3.63) is 78.6 Å². The van der Waals surface area contributed by atoms with E-state index in [-0.39, 0.29) is 0 Å². The van der Waals surface area contributed by atoms with Crippen molar-refractivity contribution >= 4 is 16.4 Å². The molecule has 0 unspecified atom stereocenters. The molecule has 3 aromatic heterocycles. The third kappa shape index (κ3) is 2.22. The Hall–Kier alpha value is -3.40. The molecule has 0 saturated carbocycles. The lowest BCUT2D eigenvalue weighted by Gasteiger charge is -2.08. The molecule has 4 nitrogen and oxygen atoms in total. The Labute approximate surface area is 144 Å². The van der Waals surface area contributed by atoms with E-state index in [9.17, 15) is 0 Å². The summed E-state index contributed by atoms with van der Waals surface area (Å²) in [6, 6.07) is 22.3. The smallest absolute Gasteiger partial charge is 0.161 e. The summed E-state index contributed by atoms with van der Waals surface area (Å²) in [4.78, 5) is 4.87. The van der Waals surface area contributed by atoms with E-state index >= 15 is 0 Å². The highest BCUT2D eigenvalue weighted by atomic mass is 16.3. The van der Waals surface area contributed by atoms with Gasteiger partial charge in [0.15, 0.2) is 11.6 Å². The van der Waals surface area contributed by atoms with Gasteiger partial charge >= 0.3 is 0 Å². The van der Waals surface area contributed by atoms with Crippen molar-refractivity contribution in [3.63, 3.8) is 0 Å². The molecular weight excluding hydrogens is 310 g/mol. The van der Waals surface area contributed by atoms with Gasteiger partial charge in [-0.05, 0) is 31.2 Å². The first-order valence-electron chi connectivity index (χ1n) is 8.19. The largest absolute Gasteiger partial charge is 0.463 e. The zero-order valence-electron chi connectivity index (χ0n) is 13.7. The van der Waals surface area contributed by atoms with Crippen LogP contribution in [0.15, 0.2) is 77.4 Å². The molecule has 0 amide bonds. The van der Waals surface area contributed by atoms with E-state index in [1.807, 2.05) is 34.8 Å². The van der Waals surface area contributed by atoms with Crippen molar-refractivity contribution < 1.29 is 4.42 Å². The highest BCUT2D eigenvalue weighted by Crippen LogP contribution is 2.29. The number of rotatable bonds is 2. The van der Waals surface area contributed by atoms with Crippen LogP contribution in [-0.4, -0.2) is 14.6 Å². The minimum absolute atomic E-state index is 0.752. The number of hydrogen-bond acceptors (Lipinski definition) is 3. The zero-order valence-corrected chi connectivity index (χ0v) is 13.7. The summed E-state index contributed by atoms with van der Waals surface area (Å²) in [6.45, 7) is 2.08. The Kier molecular flexibility index (Phi) is 2.97. The number of furan rings is 1. The lowest BCUT2D eigenvalue weighted by molar-refractivity contribution is 0.579. The van der Waals surface area contributed by atoms with E-state index in [0.29, 0.717) is 0 Å². The Balaban J connectivity index is 1.87. The van der Waals surface area contributed by atoms with Gasteiger partial charge in [-0.25, -0.2) is 9.50 Å². The van der Waals surface area contributed by atoms with Crippen LogP contribution in [0.4, 0.5) is 0 Å². The molecule has 0 aliphatic heterocycles. The number of fused-ring (bicyclic) bond motifs is 3. The van der Waals surface area contributed by atoms with Gasteiger partial charge in [-0.15, -0.1) is 0 Å². The van der Waals surface area contributed by atoms with E-state index in [1.165, 1.54) is 5.56 Å². The fourth-order valence-electron chi connectivity index (χ4n) is 3.12. The predicted octanol–water partition coefficient (Wildman–Crippen LogP) is 5.12. The molecule has 4 heteroatoms.